The van der Waals surface area contributed by atoms with Crippen LogP contribution in [0.1, 0.15) is 26.2 Å². The van der Waals surface area contributed by atoms with Gasteiger partial charge in [0.05, 0.1) is 18.4 Å². The lowest BCUT2D eigenvalue weighted by Gasteiger charge is -2.28. The normalized spacial score (nSPS) is 35.3. The van der Waals surface area contributed by atoms with Gasteiger partial charge < -0.3 is 4.74 Å². The molecule has 0 radical (unpaired) electrons. The minimum atomic E-state index is -4.27. The van der Waals surface area contributed by atoms with Crippen molar-refractivity contribution in [1.82, 2.24) is 0 Å². The smallest absolute Gasteiger partial charge is 0.392 e. The Balaban J connectivity index is 1.86. The molecule has 2 aliphatic rings. The largest absolute Gasteiger partial charge is 0.465 e. The summed E-state index contributed by atoms with van der Waals surface area (Å²) in [5, 5.41) is 0. The molecular formula is C12H15F3O2. The van der Waals surface area contributed by atoms with Crippen molar-refractivity contribution in [3.8, 4) is 0 Å². The van der Waals surface area contributed by atoms with Crippen molar-refractivity contribution in [3.05, 3.63) is 12.2 Å². The maximum absolute atomic E-state index is 11.9. The van der Waals surface area contributed by atoms with E-state index < -0.39 is 30.6 Å². The summed E-state index contributed by atoms with van der Waals surface area (Å²) in [5.41, 5.74) is -0.620. The van der Waals surface area contributed by atoms with E-state index in [4.69, 9.17) is 4.74 Å². The summed E-state index contributed by atoms with van der Waals surface area (Å²) in [4.78, 5) is 11.8. The Morgan fingerprint density at radius 1 is 1.47 bits per heavy atom. The van der Waals surface area contributed by atoms with Gasteiger partial charge in [-0.3, -0.25) is 4.79 Å². The molecule has 96 valence electrons. The fourth-order valence-corrected chi connectivity index (χ4v) is 2.75. The van der Waals surface area contributed by atoms with Gasteiger partial charge in [-0.2, -0.15) is 13.2 Å². The van der Waals surface area contributed by atoms with Gasteiger partial charge in [0.2, 0.25) is 0 Å². The molecule has 1 saturated carbocycles. The van der Waals surface area contributed by atoms with Crippen LogP contribution >= 0.6 is 0 Å². The van der Waals surface area contributed by atoms with Crippen molar-refractivity contribution in [2.45, 2.75) is 32.4 Å². The zero-order valence-corrected chi connectivity index (χ0v) is 9.59. The molecule has 5 heteroatoms. The molecule has 2 nitrogen and oxygen atoms in total. The number of carbonyl (C=O) groups is 1. The number of fused-ring (bicyclic) bond motifs is 2. The summed E-state index contributed by atoms with van der Waals surface area (Å²) in [6, 6.07) is 0. The van der Waals surface area contributed by atoms with Gasteiger partial charge in [0.1, 0.15) is 0 Å². The predicted molar refractivity (Wildman–Crippen MR) is 55.1 cm³/mol. The topological polar surface area (TPSA) is 26.3 Å². The maximum Gasteiger partial charge on any atom is 0.392 e. The SMILES string of the molecule is CC1(C(=O)OCCC(F)(F)F)CC2C=CC1C2. The second kappa shape index (κ2) is 4.03. The molecule has 0 heterocycles. The van der Waals surface area contributed by atoms with Gasteiger partial charge >= 0.3 is 12.1 Å². The molecule has 0 N–H and O–H groups in total. The number of carbonyl (C=O) groups excluding carboxylic acids is 1. The van der Waals surface area contributed by atoms with Gasteiger partial charge in [0.25, 0.3) is 0 Å². The molecule has 0 amide bonds. The van der Waals surface area contributed by atoms with E-state index in [0.717, 1.165) is 6.42 Å². The van der Waals surface area contributed by atoms with Crippen LogP contribution in [0.15, 0.2) is 12.2 Å². The summed E-state index contributed by atoms with van der Waals surface area (Å²) < 4.78 is 40.5. The highest BCUT2D eigenvalue weighted by Crippen LogP contribution is 2.52. The van der Waals surface area contributed by atoms with Gasteiger partial charge in [0.15, 0.2) is 0 Å². The number of hydrogen-bond acceptors (Lipinski definition) is 2. The molecule has 0 aromatic rings. The molecular weight excluding hydrogens is 233 g/mol. The molecule has 0 saturated heterocycles. The first-order valence-corrected chi connectivity index (χ1v) is 5.73. The van der Waals surface area contributed by atoms with E-state index in [0.29, 0.717) is 12.3 Å². The predicted octanol–water partition coefficient (Wildman–Crippen LogP) is 3.08. The Morgan fingerprint density at radius 2 is 2.18 bits per heavy atom. The van der Waals surface area contributed by atoms with Crippen molar-refractivity contribution in [3.63, 3.8) is 0 Å². The van der Waals surface area contributed by atoms with Crippen LogP contribution < -0.4 is 0 Å². The van der Waals surface area contributed by atoms with Crippen LogP contribution in [0.5, 0.6) is 0 Å². The van der Waals surface area contributed by atoms with Gasteiger partial charge in [-0.05, 0) is 31.6 Å². The van der Waals surface area contributed by atoms with Crippen LogP contribution in [0.3, 0.4) is 0 Å². The lowest BCUT2D eigenvalue weighted by molar-refractivity contribution is -0.168. The van der Waals surface area contributed by atoms with Crippen molar-refractivity contribution >= 4 is 5.97 Å². The number of allylic oxidation sites excluding steroid dienone is 2. The van der Waals surface area contributed by atoms with Gasteiger partial charge in [-0.25, -0.2) is 0 Å². The monoisotopic (exact) mass is 248 g/mol. The molecule has 0 aliphatic heterocycles. The second-order valence-electron chi connectivity index (χ2n) is 5.11. The average Bonchev–Trinajstić information content (AvgIpc) is 2.75. The van der Waals surface area contributed by atoms with Crippen molar-refractivity contribution in [1.29, 1.82) is 0 Å². The third-order valence-electron chi connectivity index (χ3n) is 3.76. The molecule has 17 heavy (non-hydrogen) atoms. The van der Waals surface area contributed by atoms with Crippen molar-refractivity contribution in [2.75, 3.05) is 6.61 Å². The molecule has 0 spiro atoms. The minimum absolute atomic E-state index is 0.130. The number of ether oxygens (including phenoxy) is 1. The molecule has 0 aromatic carbocycles. The summed E-state index contributed by atoms with van der Waals surface area (Å²) in [5.74, 6) is 0.0321. The second-order valence-corrected chi connectivity index (χ2v) is 5.11. The molecule has 3 unspecified atom stereocenters. The molecule has 3 atom stereocenters. The standard InChI is InChI=1S/C12H15F3O2/c1-11(7-8-2-3-9(11)6-8)10(16)17-5-4-12(13,14)15/h2-3,8-9H,4-7H2,1H3. The van der Waals surface area contributed by atoms with Gasteiger partial charge in [0, 0.05) is 0 Å². The lowest BCUT2D eigenvalue weighted by atomic mass is 9.78. The van der Waals surface area contributed by atoms with Crippen molar-refractivity contribution in [2.24, 2.45) is 17.3 Å². The third kappa shape index (κ3) is 2.48. The Kier molecular flexibility index (Phi) is 2.96. The number of esters is 1. The molecule has 2 aliphatic carbocycles. The van der Waals surface area contributed by atoms with E-state index in [2.05, 4.69) is 6.08 Å². The number of halogens is 3. The number of hydrogen-bond donors (Lipinski definition) is 0. The molecule has 1 fully saturated rings. The Bertz CT molecular complexity index is 348. The maximum atomic E-state index is 11.9. The van der Waals surface area contributed by atoms with E-state index in [-0.39, 0.29) is 5.92 Å². The first kappa shape index (κ1) is 12.5. The van der Waals surface area contributed by atoms with E-state index in [1.165, 1.54) is 0 Å². The van der Waals surface area contributed by atoms with Crippen LogP contribution in [-0.4, -0.2) is 18.8 Å². The minimum Gasteiger partial charge on any atom is -0.465 e. The Morgan fingerprint density at radius 3 is 2.65 bits per heavy atom. The molecule has 2 rings (SSSR count). The van der Waals surface area contributed by atoms with Crippen LogP contribution in [0.4, 0.5) is 13.2 Å². The van der Waals surface area contributed by atoms with Crippen molar-refractivity contribution < 1.29 is 22.7 Å². The van der Waals surface area contributed by atoms with Crippen LogP contribution in [0, 0.1) is 17.3 Å². The van der Waals surface area contributed by atoms with Gasteiger partial charge in [-0.1, -0.05) is 12.2 Å². The summed E-state index contributed by atoms with van der Waals surface area (Å²) in [6.45, 7) is 1.22. The van der Waals surface area contributed by atoms with E-state index in [1.807, 2.05) is 6.08 Å². The van der Waals surface area contributed by atoms with Crippen LogP contribution in [0.2, 0.25) is 0 Å². The fourth-order valence-electron chi connectivity index (χ4n) is 2.75. The zero-order valence-electron chi connectivity index (χ0n) is 9.59. The van der Waals surface area contributed by atoms with E-state index in [9.17, 15) is 18.0 Å². The first-order valence-electron chi connectivity index (χ1n) is 5.73. The van der Waals surface area contributed by atoms with Crippen LogP contribution in [-0.2, 0) is 9.53 Å². The number of rotatable bonds is 3. The van der Waals surface area contributed by atoms with E-state index in [1.54, 1.807) is 6.92 Å². The Hall–Kier alpha value is -1.00. The van der Waals surface area contributed by atoms with Gasteiger partial charge in [-0.15, -0.1) is 0 Å². The molecule has 0 aromatic heterocycles. The summed E-state index contributed by atoms with van der Waals surface area (Å²) in [6.07, 6.45) is 0.340. The first-order chi connectivity index (χ1) is 7.81. The molecule has 2 bridgehead atoms. The van der Waals surface area contributed by atoms with E-state index >= 15 is 0 Å². The number of alkyl halides is 3. The highest BCUT2D eigenvalue weighted by Gasteiger charge is 2.51. The van der Waals surface area contributed by atoms with Crippen LogP contribution in [0.25, 0.3) is 0 Å². The average molecular weight is 248 g/mol. The lowest BCUT2D eigenvalue weighted by Crippen LogP contribution is -2.34. The quantitative estimate of drug-likeness (QED) is 0.566. The zero-order chi connectivity index (χ0) is 12.7. The third-order valence-corrected chi connectivity index (χ3v) is 3.76. The Labute approximate surface area is 97.8 Å². The fraction of sp³-hybridized carbons (Fsp3) is 0.750. The summed E-state index contributed by atoms with van der Waals surface area (Å²) >= 11 is 0. The highest BCUT2D eigenvalue weighted by atomic mass is 19.4. The summed E-state index contributed by atoms with van der Waals surface area (Å²) in [7, 11) is 0. The highest BCUT2D eigenvalue weighted by molar-refractivity contribution is 5.78.